The Hall–Kier alpha value is -1.30. The van der Waals surface area contributed by atoms with Gasteiger partial charge in [-0.15, -0.1) is 11.3 Å². The lowest BCUT2D eigenvalue weighted by molar-refractivity contribution is -0.384. The fourth-order valence-corrected chi connectivity index (χ4v) is 2.55. The second kappa shape index (κ2) is 5.56. The highest BCUT2D eigenvalue weighted by Crippen LogP contribution is 2.29. The molecule has 0 aliphatic rings. The van der Waals surface area contributed by atoms with Crippen molar-refractivity contribution in [1.82, 2.24) is 0 Å². The van der Waals surface area contributed by atoms with E-state index < -0.39 is 4.92 Å². The van der Waals surface area contributed by atoms with Crippen molar-refractivity contribution in [3.63, 3.8) is 0 Å². The van der Waals surface area contributed by atoms with Gasteiger partial charge in [0.15, 0.2) is 0 Å². The Balaban J connectivity index is 2.06. The van der Waals surface area contributed by atoms with Gasteiger partial charge in [0.2, 0.25) is 0 Å². The van der Waals surface area contributed by atoms with Crippen molar-refractivity contribution >= 4 is 40.2 Å². The highest BCUT2D eigenvalue weighted by Gasteiger charge is 2.12. The molecule has 1 aromatic heterocycles. The second-order valence-corrected chi connectivity index (χ2v) is 5.57. The average molecular weight is 304 g/mol. The first-order chi connectivity index (χ1) is 8.56. The lowest BCUT2D eigenvalue weighted by atomic mass is 10.3. The predicted octanol–water partition coefficient (Wildman–Crippen LogP) is 4.54. The Morgan fingerprint density at radius 1 is 1.28 bits per heavy atom. The second-order valence-electron chi connectivity index (χ2n) is 3.36. The van der Waals surface area contributed by atoms with Crippen molar-refractivity contribution in [2.45, 2.75) is 6.61 Å². The number of halogens is 2. The lowest BCUT2D eigenvalue weighted by Gasteiger charge is -2.04. The molecule has 0 bridgehead atoms. The maximum absolute atomic E-state index is 10.6. The van der Waals surface area contributed by atoms with Gasteiger partial charge in [0.1, 0.15) is 17.4 Å². The monoisotopic (exact) mass is 303 g/mol. The molecule has 1 aromatic carbocycles. The normalized spacial score (nSPS) is 10.3. The Morgan fingerprint density at radius 2 is 2.06 bits per heavy atom. The third kappa shape index (κ3) is 3.13. The van der Waals surface area contributed by atoms with Crippen LogP contribution in [-0.2, 0) is 6.61 Å². The largest absolute Gasteiger partial charge is 0.488 e. The molecule has 0 N–H and O–H groups in total. The van der Waals surface area contributed by atoms with Gasteiger partial charge in [-0.25, -0.2) is 0 Å². The number of rotatable bonds is 4. The molecule has 0 spiro atoms. The van der Waals surface area contributed by atoms with E-state index in [4.69, 9.17) is 27.9 Å². The third-order valence-electron chi connectivity index (χ3n) is 2.13. The predicted molar refractivity (Wildman–Crippen MR) is 71.8 cm³/mol. The molecule has 0 fully saturated rings. The van der Waals surface area contributed by atoms with Crippen molar-refractivity contribution in [3.05, 3.63) is 54.7 Å². The molecule has 0 radical (unpaired) electrons. The summed E-state index contributed by atoms with van der Waals surface area (Å²) in [5.74, 6) is 0.482. The number of thiophene rings is 1. The van der Waals surface area contributed by atoms with Gasteiger partial charge < -0.3 is 4.74 Å². The molecule has 7 heteroatoms. The Kier molecular flexibility index (Phi) is 4.06. The number of hydrogen-bond acceptors (Lipinski definition) is 4. The maximum Gasteiger partial charge on any atom is 0.288 e. The third-order valence-corrected chi connectivity index (χ3v) is 3.63. The van der Waals surface area contributed by atoms with Crippen LogP contribution in [-0.4, -0.2) is 4.92 Å². The molecular weight excluding hydrogens is 297 g/mol. The van der Waals surface area contributed by atoms with Crippen LogP contribution in [0.5, 0.6) is 5.75 Å². The van der Waals surface area contributed by atoms with E-state index in [9.17, 15) is 10.1 Å². The number of nitrogens with zero attached hydrogens (tertiary/aromatic N) is 1. The van der Waals surface area contributed by atoms with Gasteiger partial charge in [-0.3, -0.25) is 10.1 Å². The van der Waals surface area contributed by atoms with Crippen LogP contribution in [0, 0.1) is 10.1 Å². The number of ether oxygens (including phenoxy) is 1. The van der Waals surface area contributed by atoms with E-state index in [2.05, 4.69) is 0 Å². The number of hydrogen-bond donors (Lipinski definition) is 0. The Morgan fingerprint density at radius 3 is 2.61 bits per heavy atom. The standard InChI is InChI=1S/C11H7Cl2NO3S/c12-9-5-7(1-3-10(9)14(15)16)17-6-8-2-4-11(13)18-8/h1-5H,6H2. The molecule has 0 saturated heterocycles. The summed E-state index contributed by atoms with van der Waals surface area (Å²) in [6.45, 7) is 0.353. The topological polar surface area (TPSA) is 52.4 Å². The molecule has 0 saturated carbocycles. The van der Waals surface area contributed by atoms with Crippen LogP contribution in [0.25, 0.3) is 0 Å². The number of benzene rings is 1. The fourth-order valence-electron chi connectivity index (χ4n) is 1.31. The molecule has 2 aromatic rings. The summed E-state index contributed by atoms with van der Waals surface area (Å²) in [7, 11) is 0. The first-order valence-corrected chi connectivity index (χ1v) is 6.44. The summed E-state index contributed by atoms with van der Waals surface area (Å²) in [5, 5.41) is 10.6. The van der Waals surface area contributed by atoms with Gasteiger partial charge in [0, 0.05) is 17.0 Å². The van der Waals surface area contributed by atoms with E-state index in [-0.39, 0.29) is 10.7 Å². The van der Waals surface area contributed by atoms with E-state index in [0.29, 0.717) is 16.7 Å². The van der Waals surface area contributed by atoms with Crippen LogP contribution in [0.2, 0.25) is 9.36 Å². The molecule has 18 heavy (non-hydrogen) atoms. The van der Waals surface area contributed by atoms with Gasteiger partial charge in [-0.05, 0) is 18.2 Å². The average Bonchev–Trinajstić information content (AvgIpc) is 2.72. The zero-order valence-electron chi connectivity index (χ0n) is 8.93. The molecule has 0 unspecified atom stereocenters. The molecule has 0 aliphatic heterocycles. The SMILES string of the molecule is O=[N+]([O-])c1ccc(OCc2ccc(Cl)s2)cc1Cl. The highest BCUT2D eigenvalue weighted by molar-refractivity contribution is 7.16. The van der Waals surface area contributed by atoms with E-state index in [1.807, 2.05) is 6.07 Å². The van der Waals surface area contributed by atoms with Crippen LogP contribution in [0.15, 0.2) is 30.3 Å². The van der Waals surface area contributed by atoms with E-state index >= 15 is 0 Å². The summed E-state index contributed by atoms with van der Waals surface area (Å²) < 4.78 is 6.16. The Labute approximate surface area is 117 Å². The summed E-state index contributed by atoms with van der Waals surface area (Å²) >= 11 is 13.0. The summed E-state index contributed by atoms with van der Waals surface area (Å²) in [6, 6.07) is 7.90. The molecular formula is C11H7Cl2NO3S. The van der Waals surface area contributed by atoms with Crippen LogP contribution in [0.1, 0.15) is 4.88 Å². The first-order valence-electron chi connectivity index (χ1n) is 4.87. The van der Waals surface area contributed by atoms with Crippen molar-refractivity contribution in [2.75, 3.05) is 0 Å². The lowest BCUT2D eigenvalue weighted by Crippen LogP contribution is -1.94. The van der Waals surface area contributed by atoms with Gasteiger partial charge in [0.05, 0.1) is 9.26 Å². The van der Waals surface area contributed by atoms with Gasteiger partial charge >= 0.3 is 0 Å². The summed E-state index contributed by atoms with van der Waals surface area (Å²) in [6.07, 6.45) is 0. The van der Waals surface area contributed by atoms with Crippen molar-refractivity contribution in [3.8, 4) is 5.75 Å². The zero-order chi connectivity index (χ0) is 13.1. The maximum atomic E-state index is 10.6. The van der Waals surface area contributed by atoms with Crippen LogP contribution >= 0.6 is 34.5 Å². The van der Waals surface area contributed by atoms with Crippen LogP contribution in [0.4, 0.5) is 5.69 Å². The molecule has 0 amide bonds. The van der Waals surface area contributed by atoms with E-state index in [1.54, 1.807) is 6.07 Å². The van der Waals surface area contributed by atoms with E-state index in [0.717, 1.165) is 4.88 Å². The smallest absolute Gasteiger partial charge is 0.288 e. The molecule has 2 rings (SSSR count). The van der Waals surface area contributed by atoms with Gasteiger partial charge in [-0.1, -0.05) is 23.2 Å². The minimum Gasteiger partial charge on any atom is -0.488 e. The van der Waals surface area contributed by atoms with E-state index in [1.165, 1.54) is 29.5 Å². The van der Waals surface area contributed by atoms with Crippen molar-refractivity contribution < 1.29 is 9.66 Å². The highest BCUT2D eigenvalue weighted by atomic mass is 35.5. The molecule has 0 aliphatic carbocycles. The quantitative estimate of drug-likeness (QED) is 0.615. The van der Waals surface area contributed by atoms with Crippen LogP contribution < -0.4 is 4.74 Å². The van der Waals surface area contributed by atoms with Gasteiger partial charge in [-0.2, -0.15) is 0 Å². The van der Waals surface area contributed by atoms with Crippen molar-refractivity contribution in [1.29, 1.82) is 0 Å². The molecule has 94 valence electrons. The van der Waals surface area contributed by atoms with Gasteiger partial charge in [0.25, 0.3) is 5.69 Å². The summed E-state index contributed by atoms with van der Waals surface area (Å²) in [4.78, 5) is 11.0. The summed E-state index contributed by atoms with van der Waals surface area (Å²) in [5.41, 5.74) is -0.136. The Bertz CT molecular complexity index is 585. The zero-order valence-corrected chi connectivity index (χ0v) is 11.3. The first kappa shape index (κ1) is 13.1. The number of nitro benzene ring substituents is 1. The molecule has 4 nitrogen and oxygen atoms in total. The van der Waals surface area contributed by atoms with Crippen LogP contribution in [0.3, 0.4) is 0 Å². The molecule has 0 atom stereocenters. The fraction of sp³-hybridized carbons (Fsp3) is 0.0909. The minimum absolute atomic E-state index is 0.0571. The minimum atomic E-state index is -0.537. The number of nitro groups is 1. The van der Waals surface area contributed by atoms with Crippen molar-refractivity contribution in [2.24, 2.45) is 0 Å². The molecule has 1 heterocycles.